The number of aliphatic hydroxyl groups is 1. The third-order valence-electron chi connectivity index (χ3n) is 2.69. The smallest absolute Gasteiger partial charge is 0.279 e. The summed E-state index contributed by atoms with van der Waals surface area (Å²) in [6.07, 6.45) is 0.850. The molecular formula is C14H11ClN2O2S. The van der Waals surface area contributed by atoms with Crippen LogP contribution in [0.5, 0.6) is 0 Å². The van der Waals surface area contributed by atoms with Gasteiger partial charge in [0.2, 0.25) is 0 Å². The second-order valence-corrected chi connectivity index (χ2v) is 5.45. The molecule has 0 aliphatic heterocycles. The standard InChI is InChI=1S/C14H11ClN2O2S/c15-7-3-5-11(18)10(8-16)14-17-13(19)9-4-1-2-6-12(9)20-14/h1-2,4,6,18H,3,5,7H2/b11-10-. The van der Waals surface area contributed by atoms with Gasteiger partial charge in [-0.3, -0.25) is 4.79 Å². The van der Waals surface area contributed by atoms with Crippen LogP contribution in [-0.2, 0) is 0 Å². The second-order valence-electron chi connectivity index (χ2n) is 4.05. The Balaban J connectivity index is 2.57. The summed E-state index contributed by atoms with van der Waals surface area (Å²) in [6, 6.07) is 8.96. The molecule has 0 fully saturated rings. The van der Waals surface area contributed by atoms with E-state index in [-0.39, 0.29) is 16.3 Å². The van der Waals surface area contributed by atoms with E-state index in [1.165, 1.54) is 11.3 Å². The van der Waals surface area contributed by atoms with Crippen molar-refractivity contribution in [3.05, 3.63) is 45.4 Å². The fourth-order valence-corrected chi connectivity index (χ4v) is 2.86. The van der Waals surface area contributed by atoms with Gasteiger partial charge < -0.3 is 5.11 Å². The van der Waals surface area contributed by atoms with E-state index < -0.39 is 5.56 Å². The minimum atomic E-state index is -0.396. The molecule has 1 aromatic carbocycles. The van der Waals surface area contributed by atoms with Gasteiger partial charge in [-0.15, -0.1) is 22.9 Å². The molecule has 6 heteroatoms. The summed E-state index contributed by atoms with van der Waals surface area (Å²) < 4.78 is 0.736. The minimum absolute atomic E-state index is 0.0444. The number of hydrogen-bond acceptors (Lipinski definition) is 5. The molecule has 2 aromatic rings. The molecule has 4 nitrogen and oxygen atoms in total. The normalized spacial score (nSPS) is 12.0. The lowest BCUT2D eigenvalue weighted by Crippen LogP contribution is -2.07. The Kier molecular flexibility index (Phi) is 4.72. The Bertz CT molecular complexity index is 762. The van der Waals surface area contributed by atoms with Crippen molar-refractivity contribution in [3.8, 4) is 6.07 Å². The first kappa shape index (κ1) is 14.5. The highest BCUT2D eigenvalue weighted by molar-refractivity contribution is 7.19. The maximum absolute atomic E-state index is 11.9. The molecule has 0 atom stereocenters. The van der Waals surface area contributed by atoms with E-state index in [4.69, 9.17) is 11.6 Å². The number of halogens is 1. The van der Waals surface area contributed by atoms with Gasteiger partial charge >= 0.3 is 0 Å². The SMILES string of the molecule is N#C/C(=C(/O)CCCCl)c1nc(=O)c2ccccc2s1. The molecule has 102 valence electrons. The molecule has 0 aliphatic carbocycles. The lowest BCUT2D eigenvalue weighted by atomic mass is 10.2. The Morgan fingerprint density at radius 2 is 2.20 bits per heavy atom. The average Bonchev–Trinajstić information content (AvgIpc) is 2.46. The predicted octanol–water partition coefficient (Wildman–Crippen LogP) is 3.47. The van der Waals surface area contributed by atoms with Crippen molar-refractivity contribution in [1.29, 1.82) is 5.26 Å². The molecular weight excluding hydrogens is 296 g/mol. The van der Waals surface area contributed by atoms with Gasteiger partial charge in [0, 0.05) is 17.0 Å². The molecule has 1 aromatic heterocycles. The number of rotatable bonds is 4. The summed E-state index contributed by atoms with van der Waals surface area (Å²) in [5.41, 5.74) is -0.352. The van der Waals surface area contributed by atoms with Crippen LogP contribution >= 0.6 is 22.9 Å². The Hall–Kier alpha value is -1.90. The summed E-state index contributed by atoms with van der Waals surface area (Å²) in [7, 11) is 0. The number of fused-ring (bicyclic) bond motifs is 1. The highest BCUT2D eigenvalue weighted by atomic mass is 35.5. The van der Waals surface area contributed by atoms with Gasteiger partial charge in [-0.2, -0.15) is 10.2 Å². The number of allylic oxidation sites excluding steroid dienone is 2. The number of aromatic nitrogens is 1. The van der Waals surface area contributed by atoms with Gasteiger partial charge in [-0.05, 0) is 18.6 Å². The molecule has 0 amide bonds. The number of nitriles is 1. The van der Waals surface area contributed by atoms with E-state index >= 15 is 0 Å². The monoisotopic (exact) mass is 306 g/mol. The number of aliphatic hydroxyl groups excluding tert-OH is 1. The molecule has 0 aliphatic rings. The summed E-state index contributed by atoms with van der Waals surface area (Å²) in [6.45, 7) is 0. The Labute approximate surface area is 124 Å². The van der Waals surface area contributed by atoms with E-state index in [0.29, 0.717) is 24.1 Å². The number of nitrogens with zero attached hydrogens (tertiary/aromatic N) is 2. The van der Waals surface area contributed by atoms with Gasteiger partial charge in [-0.25, -0.2) is 0 Å². The molecule has 0 saturated heterocycles. The number of hydrogen-bond donors (Lipinski definition) is 1. The van der Waals surface area contributed by atoms with E-state index in [0.717, 1.165) is 4.70 Å². The zero-order valence-electron chi connectivity index (χ0n) is 10.5. The van der Waals surface area contributed by atoms with Gasteiger partial charge in [0.05, 0.1) is 5.39 Å². The Morgan fingerprint density at radius 3 is 2.90 bits per heavy atom. The average molecular weight is 307 g/mol. The third-order valence-corrected chi connectivity index (χ3v) is 4.02. The molecule has 1 N–H and O–H groups in total. The first-order valence-electron chi connectivity index (χ1n) is 5.95. The summed E-state index contributed by atoms with van der Waals surface area (Å²) in [5.74, 6) is 0.316. The topological polar surface area (TPSA) is 74.0 Å². The summed E-state index contributed by atoms with van der Waals surface area (Å²) in [5, 5.41) is 19.8. The zero-order chi connectivity index (χ0) is 14.5. The van der Waals surface area contributed by atoms with Crippen LogP contribution in [0, 0.1) is 11.3 Å². The van der Waals surface area contributed by atoms with Crippen LogP contribution in [0.15, 0.2) is 34.8 Å². The predicted molar refractivity (Wildman–Crippen MR) is 81.0 cm³/mol. The quantitative estimate of drug-likeness (QED) is 0.533. The molecule has 2 rings (SSSR count). The van der Waals surface area contributed by atoms with Crippen LogP contribution in [0.25, 0.3) is 15.7 Å². The third kappa shape index (κ3) is 2.98. The van der Waals surface area contributed by atoms with Crippen LogP contribution in [-0.4, -0.2) is 16.0 Å². The van der Waals surface area contributed by atoms with Crippen LogP contribution in [0.3, 0.4) is 0 Å². The minimum Gasteiger partial charge on any atom is -0.511 e. The van der Waals surface area contributed by atoms with Gasteiger partial charge in [0.15, 0.2) is 0 Å². The zero-order valence-corrected chi connectivity index (χ0v) is 12.0. The van der Waals surface area contributed by atoms with Crippen LogP contribution in [0.4, 0.5) is 0 Å². The molecule has 1 heterocycles. The summed E-state index contributed by atoms with van der Waals surface area (Å²) >= 11 is 6.77. The largest absolute Gasteiger partial charge is 0.511 e. The van der Waals surface area contributed by atoms with Crippen LogP contribution < -0.4 is 5.56 Å². The van der Waals surface area contributed by atoms with Crippen molar-refractivity contribution in [3.63, 3.8) is 0 Å². The first-order valence-corrected chi connectivity index (χ1v) is 7.31. The van der Waals surface area contributed by atoms with Gasteiger partial charge in [0.1, 0.15) is 22.4 Å². The lowest BCUT2D eigenvalue weighted by molar-refractivity contribution is 0.390. The molecule has 0 unspecified atom stereocenters. The highest BCUT2D eigenvalue weighted by Gasteiger charge is 2.13. The lowest BCUT2D eigenvalue weighted by Gasteiger charge is -2.03. The summed E-state index contributed by atoms with van der Waals surface area (Å²) in [4.78, 5) is 15.8. The molecule has 0 saturated carbocycles. The second kappa shape index (κ2) is 6.51. The van der Waals surface area contributed by atoms with Gasteiger partial charge in [0.25, 0.3) is 5.56 Å². The van der Waals surface area contributed by atoms with Crippen LogP contribution in [0.2, 0.25) is 0 Å². The van der Waals surface area contributed by atoms with Crippen LogP contribution in [0.1, 0.15) is 17.8 Å². The maximum Gasteiger partial charge on any atom is 0.279 e. The van der Waals surface area contributed by atoms with Gasteiger partial charge in [-0.1, -0.05) is 12.1 Å². The molecule has 0 radical (unpaired) electrons. The fraction of sp³-hybridized carbons (Fsp3) is 0.214. The van der Waals surface area contributed by atoms with E-state index in [1.807, 2.05) is 12.1 Å². The van der Waals surface area contributed by atoms with Crippen molar-refractivity contribution < 1.29 is 5.11 Å². The van der Waals surface area contributed by atoms with E-state index in [2.05, 4.69) is 4.98 Å². The van der Waals surface area contributed by atoms with Crippen molar-refractivity contribution in [1.82, 2.24) is 4.98 Å². The fourth-order valence-electron chi connectivity index (χ4n) is 1.71. The molecule has 20 heavy (non-hydrogen) atoms. The Morgan fingerprint density at radius 1 is 1.45 bits per heavy atom. The first-order chi connectivity index (χ1) is 9.67. The number of alkyl halides is 1. The van der Waals surface area contributed by atoms with Crippen molar-refractivity contribution in [2.45, 2.75) is 12.8 Å². The molecule has 0 spiro atoms. The number of benzene rings is 1. The highest BCUT2D eigenvalue weighted by Crippen LogP contribution is 2.25. The maximum atomic E-state index is 11.9. The molecule has 0 bridgehead atoms. The van der Waals surface area contributed by atoms with E-state index in [9.17, 15) is 15.2 Å². The van der Waals surface area contributed by atoms with Crippen molar-refractivity contribution in [2.24, 2.45) is 0 Å². The van der Waals surface area contributed by atoms with E-state index in [1.54, 1.807) is 18.2 Å². The van der Waals surface area contributed by atoms with Crippen molar-refractivity contribution in [2.75, 3.05) is 5.88 Å². The van der Waals surface area contributed by atoms with Crippen molar-refractivity contribution >= 4 is 38.6 Å².